The highest BCUT2D eigenvalue weighted by molar-refractivity contribution is 6.02. The van der Waals surface area contributed by atoms with E-state index in [1.165, 1.54) is 0 Å². The van der Waals surface area contributed by atoms with Crippen LogP contribution in [0.5, 0.6) is 0 Å². The maximum atomic E-state index is 12.7. The lowest BCUT2D eigenvalue weighted by Crippen LogP contribution is -2.54. The van der Waals surface area contributed by atoms with Crippen LogP contribution in [0.2, 0.25) is 0 Å². The molecule has 4 aliphatic rings. The minimum atomic E-state index is -4.93. The summed E-state index contributed by atoms with van der Waals surface area (Å²) in [6.45, 7) is 4.49. The molecular formula is C23H33F3O3. The second kappa shape index (κ2) is 7.06. The number of carbonyl (C=O) groups excluding carboxylic acids is 2. The first-order valence-electron chi connectivity index (χ1n) is 11.3. The Morgan fingerprint density at radius 2 is 1.59 bits per heavy atom. The van der Waals surface area contributed by atoms with Gasteiger partial charge in [-0.25, -0.2) is 0 Å². The van der Waals surface area contributed by atoms with Gasteiger partial charge in [-0.05, 0) is 92.3 Å². The van der Waals surface area contributed by atoms with E-state index in [2.05, 4.69) is 13.8 Å². The molecule has 29 heavy (non-hydrogen) atoms. The molecule has 6 heteroatoms. The number of Topliss-reactive ketones (excluding diaryl/α,β-unsaturated/α-hetero) is 2. The molecule has 0 saturated heterocycles. The van der Waals surface area contributed by atoms with Gasteiger partial charge in [0.05, 0.1) is 12.5 Å². The molecule has 0 amide bonds. The van der Waals surface area contributed by atoms with E-state index in [-0.39, 0.29) is 16.9 Å². The summed E-state index contributed by atoms with van der Waals surface area (Å²) in [6.07, 6.45) is 2.27. The Labute approximate surface area is 170 Å². The molecule has 4 fully saturated rings. The van der Waals surface area contributed by atoms with E-state index in [0.29, 0.717) is 30.1 Å². The number of hydrogen-bond donors (Lipinski definition) is 1. The topological polar surface area (TPSA) is 54.4 Å². The molecular weight excluding hydrogens is 381 g/mol. The van der Waals surface area contributed by atoms with Crippen molar-refractivity contribution in [2.45, 2.75) is 90.3 Å². The SMILES string of the molecule is C[C@]12CC[C@@H](O)C[C@@H]1CC[C@@H]1[C@@H]2CC[C@]2(C)[C@@H](C(=O)CC(=O)C(F)(F)F)CC[C@@H]12. The third kappa shape index (κ3) is 3.37. The minimum absolute atomic E-state index is 0.182. The molecule has 0 unspecified atom stereocenters. The molecule has 0 aromatic rings. The van der Waals surface area contributed by atoms with Crippen LogP contribution in [0, 0.1) is 40.4 Å². The third-order valence-electron chi connectivity index (χ3n) is 9.68. The van der Waals surface area contributed by atoms with Gasteiger partial charge in [-0.15, -0.1) is 0 Å². The highest BCUT2D eigenvalue weighted by Gasteiger charge is 2.61. The van der Waals surface area contributed by atoms with Gasteiger partial charge in [-0.2, -0.15) is 13.2 Å². The van der Waals surface area contributed by atoms with Crippen LogP contribution in [0.3, 0.4) is 0 Å². The Morgan fingerprint density at radius 3 is 2.28 bits per heavy atom. The number of alkyl halides is 3. The van der Waals surface area contributed by atoms with Crippen LogP contribution in [0.4, 0.5) is 13.2 Å². The van der Waals surface area contributed by atoms with Gasteiger partial charge >= 0.3 is 6.18 Å². The standard InChI is InChI=1S/C23H33F3O3/c1-21-9-7-14(27)11-13(21)3-4-15-16-5-6-18(22(16,2)10-8-17(15)21)19(28)12-20(29)23(24,25)26/h13-18,27H,3-12H2,1-2H3/t13-,14+,15-,16-,17-,18+,21-,22-/m0/s1. The summed E-state index contributed by atoms with van der Waals surface area (Å²) in [5.74, 6) is -0.813. The van der Waals surface area contributed by atoms with Crippen LogP contribution < -0.4 is 0 Å². The summed E-state index contributed by atoms with van der Waals surface area (Å²) < 4.78 is 38.0. The fourth-order valence-corrected chi connectivity index (χ4v) is 8.15. The molecule has 164 valence electrons. The predicted octanol–water partition coefficient (Wildman–Crippen LogP) is 5.10. The molecule has 0 aromatic heterocycles. The highest BCUT2D eigenvalue weighted by Crippen LogP contribution is 2.67. The van der Waals surface area contributed by atoms with E-state index in [4.69, 9.17) is 0 Å². The van der Waals surface area contributed by atoms with E-state index >= 15 is 0 Å². The zero-order chi connectivity index (χ0) is 21.2. The summed E-state index contributed by atoms with van der Waals surface area (Å²) in [6, 6.07) is 0. The van der Waals surface area contributed by atoms with E-state index in [0.717, 1.165) is 51.4 Å². The van der Waals surface area contributed by atoms with Crippen molar-refractivity contribution in [3.05, 3.63) is 0 Å². The molecule has 4 aliphatic carbocycles. The first-order chi connectivity index (χ1) is 13.5. The second-order valence-electron chi connectivity index (χ2n) is 10.8. The van der Waals surface area contributed by atoms with Crippen molar-refractivity contribution >= 4 is 11.6 Å². The van der Waals surface area contributed by atoms with Gasteiger partial charge in [0.1, 0.15) is 5.78 Å². The second-order valence-corrected chi connectivity index (χ2v) is 10.8. The Hall–Kier alpha value is -0.910. The summed E-state index contributed by atoms with van der Waals surface area (Å²) in [5.41, 5.74) is -0.0423. The molecule has 0 radical (unpaired) electrons. The monoisotopic (exact) mass is 414 g/mol. The first-order valence-corrected chi connectivity index (χ1v) is 11.3. The van der Waals surface area contributed by atoms with Gasteiger partial charge < -0.3 is 5.11 Å². The van der Waals surface area contributed by atoms with Gasteiger partial charge in [-0.3, -0.25) is 9.59 Å². The first kappa shape index (κ1) is 21.3. The zero-order valence-corrected chi connectivity index (χ0v) is 17.4. The number of carbonyl (C=O) groups is 2. The molecule has 4 saturated carbocycles. The molecule has 0 bridgehead atoms. The Bertz CT molecular complexity index is 689. The summed E-state index contributed by atoms with van der Waals surface area (Å²) in [4.78, 5) is 24.1. The molecule has 0 heterocycles. The van der Waals surface area contributed by atoms with Crippen LogP contribution >= 0.6 is 0 Å². The maximum absolute atomic E-state index is 12.7. The van der Waals surface area contributed by atoms with Gasteiger partial charge in [0, 0.05) is 5.92 Å². The van der Waals surface area contributed by atoms with Crippen molar-refractivity contribution in [1.29, 1.82) is 0 Å². The fourth-order valence-electron chi connectivity index (χ4n) is 8.15. The number of halogens is 3. The zero-order valence-electron chi connectivity index (χ0n) is 17.4. The van der Waals surface area contributed by atoms with Gasteiger partial charge in [0.2, 0.25) is 5.78 Å². The van der Waals surface area contributed by atoms with Crippen molar-refractivity contribution in [3.63, 3.8) is 0 Å². The molecule has 1 N–H and O–H groups in total. The third-order valence-corrected chi connectivity index (χ3v) is 9.68. The predicted molar refractivity (Wildman–Crippen MR) is 102 cm³/mol. The lowest BCUT2D eigenvalue weighted by molar-refractivity contribution is -0.172. The summed E-state index contributed by atoms with van der Waals surface area (Å²) >= 11 is 0. The van der Waals surface area contributed by atoms with E-state index in [1.807, 2.05) is 0 Å². The summed E-state index contributed by atoms with van der Waals surface area (Å²) in [5, 5.41) is 10.1. The van der Waals surface area contributed by atoms with E-state index in [1.54, 1.807) is 0 Å². The number of rotatable bonds is 3. The molecule has 0 aliphatic heterocycles. The van der Waals surface area contributed by atoms with Crippen LogP contribution in [0.25, 0.3) is 0 Å². The van der Waals surface area contributed by atoms with E-state index < -0.39 is 30.1 Å². The molecule has 0 spiro atoms. The van der Waals surface area contributed by atoms with Gasteiger partial charge in [0.15, 0.2) is 0 Å². The van der Waals surface area contributed by atoms with Crippen molar-refractivity contribution in [3.8, 4) is 0 Å². The molecule has 8 atom stereocenters. The number of aliphatic hydroxyl groups is 1. The smallest absolute Gasteiger partial charge is 0.393 e. The number of aliphatic hydroxyl groups excluding tert-OH is 1. The largest absolute Gasteiger partial charge is 0.450 e. The van der Waals surface area contributed by atoms with Gasteiger partial charge in [0.25, 0.3) is 0 Å². The average Bonchev–Trinajstić information content (AvgIpc) is 2.98. The van der Waals surface area contributed by atoms with Crippen LogP contribution in [-0.2, 0) is 9.59 Å². The van der Waals surface area contributed by atoms with Crippen molar-refractivity contribution in [1.82, 2.24) is 0 Å². The number of hydrogen-bond acceptors (Lipinski definition) is 3. The highest BCUT2D eigenvalue weighted by atomic mass is 19.4. The molecule has 4 rings (SSSR count). The van der Waals surface area contributed by atoms with Crippen molar-refractivity contribution < 1.29 is 27.9 Å². The number of fused-ring (bicyclic) bond motifs is 5. The van der Waals surface area contributed by atoms with Crippen LogP contribution in [0.1, 0.15) is 78.1 Å². The number of ketones is 2. The van der Waals surface area contributed by atoms with Crippen molar-refractivity contribution in [2.75, 3.05) is 0 Å². The summed E-state index contributed by atoms with van der Waals surface area (Å²) in [7, 11) is 0. The van der Waals surface area contributed by atoms with Crippen LogP contribution in [-0.4, -0.2) is 29.0 Å². The average molecular weight is 415 g/mol. The Balaban J connectivity index is 1.52. The maximum Gasteiger partial charge on any atom is 0.450 e. The quantitative estimate of drug-likeness (QED) is 0.654. The molecule has 0 aromatic carbocycles. The van der Waals surface area contributed by atoms with Crippen molar-refractivity contribution in [2.24, 2.45) is 40.4 Å². The molecule has 3 nitrogen and oxygen atoms in total. The normalized spacial score (nSPS) is 47.1. The Kier molecular flexibility index (Phi) is 5.20. The lowest BCUT2D eigenvalue weighted by atomic mass is 9.44. The minimum Gasteiger partial charge on any atom is -0.393 e. The Morgan fingerprint density at radius 1 is 0.931 bits per heavy atom. The van der Waals surface area contributed by atoms with E-state index in [9.17, 15) is 27.9 Å². The fraction of sp³-hybridized carbons (Fsp3) is 0.913. The van der Waals surface area contributed by atoms with Crippen LogP contribution in [0.15, 0.2) is 0 Å². The lowest BCUT2D eigenvalue weighted by Gasteiger charge is -2.60. The van der Waals surface area contributed by atoms with Gasteiger partial charge in [-0.1, -0.05) is 13.8 Å².